The number of ether oxygens (including phenoxy) is 1. The zero-order valence-corrected chi connectivity index (χ0v) is 12.1. The standard InChI is InChI=1S/C12H16N4O2S/c1-6-5-14-11(19-6)7(2)16-8(3)15-9(10(16)13)12(17)18-4/h5,7H,13H2,1-4H3. The number of anilines is 1. The number of rotatable bonds is 3. The number of nitrogen functional groups attached to an aromatic ring is 1. The van der Waals surface area contributed by atoms with Gasteiger partial charge in [-0.2, -0.15) is 0 Å². The smallest absolute Gasteiger partial charge is 0.360 e. The van der Waals surface area contributed by atoms with Crippen LogP contribution >= 0.6 is 11.3 Å². The molecule has 1 unspecified atom stereocenters. The second-order valence-corrected chi connectivity index (χ2v) is 5.51. The molecule has 6 nitrogen and oxygen atoms in total. The number of aryl methyl sites for hydroxylation is 2. The zero-order valence-electron chi connectivity index (χ0n) is 11.3. The van der Waals surface area contributed by atoms with Crippen LogP contribution in [0.15, 0.2) is 6.20 Å². The summed E-state index contributed by atoms with van der Waals surface area (Å²) in [4.78, 5) is 21.2. The van der Waals surface area contributed by atoms with E-state index in [0.717, 1.165) is 9.88 Å². The second kappa shape index (κ2) is 5.00. The van der Waals surface area contributed by atoms with Gasteiger partial charge in [0.2, 0.25) is 0 Å². The minimum absolute atomic E-state index is 0.0652. The summed E-state index contributed by atoms with van der Waals surface area (Å²) in [7, 11) is 1.31. The molecule has 0 aliphatic rings. The Morgan fingerprint density at radius 3 is 2.74 bits per heavy atom. The number of methoxy groups -OCH3 is 1. The number of nitrogens with two attached hydrogens (primary N) is 1. The summed E-state index contributed by atoms with van der Waals surface area (Å²) in [5.74, 6) is 0.449. The number of hydrogen-bond acceptors (Lipinski definition) is 6. The van der Waals surface area contributed by atoms with E-state index in [1.54, 1.807) is 22.8 Å². The molecule has 2 heterocycles. The van der Waals surface area contributed by atoms with E-state index in [1.807, 2.05) is 20.0 Å². The lowest BCUT2D eigenvalue weighted by Crippen LogP contribution is -2.13. The van der Waals surface area contributed by atoms with E-state index in [2.05, 4.69) is 14.7 Å². The van der Waals surface area contributed by atoms with E-state index >= 15 is 0 Å². The summed E-state index contributed by atoms with van der Waals surface area (Å²) in [6.07, 6.45) is 1.82. The first-order chi connectivity index (χ1) is 8.95. The molecule has 0 saturated heterocycles. The summed E-state index contributed by atoms with van der Waals surface area (Å²) in [5, 5.41) is 0.932. The van der Waals surface area contributed by atoms with Crippen molar-refractivity contribution in [3.63, 3.8) is 0 Å². The van der Waals surface area contributed by atoms with E-state index in [1.165, 1.54) is 7.11 Å². The molecule has 0 amide bonds. The van der Waals surface area contributed by atoms with Crippen molar-refractivity contribution in [2.75, 3.05) is 12.8 Å². The van der Waals surface area contributed by atoms with Crippen molar-refractivity contribution in [2.24, 2.45) is 0 Å². The summed E-state index contributed by atoms with van der Waals surface area (Å²) < 4.78 is 6.46. The van der Waals surface area contributed by atoms with Crippen LogP contribution in [0.4, 0.5) is 5.82 Å². The molecule has 102 valence electrons. The van der Waals surface area contributed by atoms with Crippen LogP contribution in [0, 0.1) is 13.8 Å². The molecule has 0 bridgehead atoms. The van der Waals surface area contributed by atoms with Crippen molar-refractivity contribution in [3.8, 4) is 0 Å². The van der Waals surface area contributed by atoms with Crippen LogP contribution in [0.5, 0.6) is 0 Å². The van der Waals surface area contributed by atoms with E-state index in [9.17, 15) is 4.79 Å². The van der Waals surface area contributed by atoms with Gasteiger partial charge < -0.3 is 15.0 Å². The largest absolute Gasteiger partial charge is 0.464 e. The van der Waals surface area contributed by atoms with Gasteiger partial charge in [-0.05, 0) is 20.8 Å². The van der Waals surface area contributed by atoms with Gasteiger partial charge in [-0.25, -0.2) is 14.8 Å². The number of thiazole rings is 1. The number of aromatic nitrogens is 3. The van der Waals surface area contributed by atoms with Crippen LogP contribution in [-0.2, 0) is 4.74 Å². The molecule has 0 spiro atoms. The van der Waals surface area contributed by atoms with Gasteiger partial charge >= 0.3 is 5.97 Å². The molecule has 0 fully saturated rings. The van der Waals surface area contributed by atoms with E-state index in [0.29, 0.717) is 11.6 Å². The van der Waals surface area contributed by atoms with Gasteiger partial charge in [0.25, 0.3) is 0 Å². The Morgan fingerprint density at radius 2 is 2.21 bits per heavy atom. The van der Waals surface area contributed by atoms with Crippen LogP contribution in [0.25, 0.3) is 0 Å². The number of nitrogens with zero attached hydrogens (tertiary/aromatic N) is 3. The van der Waals surface area contributed by atoms with E-state index in [4.69, 9.17) is 5.73 Å². The molecule has 0 saturated carbocycles. The highest BCUT2D eigenvalue weighted by Crippen LogP contribution is 2.28. The molecule has 2 aromatic heterocycles. The summed E-state index contributed by atoms with van der Waals surface area (Å²) in [6.45, 7) is 5.78. The Bertz CT molecular complexity index is 617. The predicted octanol–water partition coefficient (Wildman–Crippen LogP) is 1.93. The van der Waals surface area contributed by atoms with Gasteiger partial charge in [-0.1, -0.05) is 0 Å². The lowest BCUT2D eigenvalue weighted by molar-refractivity contribution is 0.0595. The maximum Gasteiger partial charge on any atom is 0.360 e. The van der Waals surface area contributed by atoms with Gasteiger partial charge in [-0.3, -0.25) is 0 Å². The minimum atomic E-state index is -0.526. The molecule has 0 radical (unpaired) electrons. The van der Waals surface area contributed by atoms with Crippen LogP contribution in [0.1, 0.15) is 39.2 Å². The third-order valence-corrected chi connectivity index (χ3v) is 3.97. The predicted molar refractivity (Wildman–Crippen MR) is 73.4 cm³/mol. The average molecular weight is 280 g/mol. The van der Waals surface area contributed by atoms with Gasteiger partial charge in [-0.15, -0.1) is 11.3 Å². The van der Waals surface area contributed by atoms with Gasteiger partial charge in [0, 0.05) is 11.1 Å². The molecular formula is C12H16N4O2S. The lowest BCUT2D eigenvalue weighted by Gasteiger charge is -2.14. The molecule has 1 atom stereocenters. The van der Waals surface area contributed by atoms with Gasteiger partial charge in [0.05, 0.1) is 13.2 Å². The van der Waals surface area contributed by atoms with E-state index in [-0.39, 0.29) is 11.7 Å². The topological polar surface area (TPSA) is 83.0 Å². The molecular weight excluding hydrogens is 264 g/mol. The zero-order chi connectivity index (χ0) is 14.2. The Kier molecular flexibility index (Phi) is 3.57. The molecule has 2 N–H and O–H groups in total. The van der Waals surface area contributed by atoms with Crippen LogP contribution in [0.3, 0.4) is 0 Å². The third-order valence-electron chi connectivity index (χ3n) is 2.89. The molecule has 0 aliphatic carbocycles. The van der Waals surface area contributed by atoms with Crippen LogP contribution in [0.2, 0.25) is 0 Å². The summed E-state index contributed by atoms with van der Waals surface area (Å²) in [6, 6.07) is -0.0652. The maximum absolute atomic E-state index is 11.6. The lowest BCUT2D eigenvalue weighted by atomic mass is 10.3. The average Bonchev–Trinajstić information content (AvgIpc) is 2.92. The fraction of sp³-hybridized carbons (Fsp3) is 0.417. The van der Waals surface area contributed by atoms with Crippen molar-refractivity contribution in [1.29, 1.82) is 0 Å². The van der Waals surface area contributed by atoms with Crippen molar-refractivity contribution >= 4 is 23.1 Å². The van der Waals surface area contributed by atoms with Crippen LogP contribution in [-0.4, -0.2) is 27.6 Å². The highest BCUT2D eigenvalue weighted by molar-refractivity contribution is 7.11. The highest BCUT2D eigenvalue weighted by Gasteiger charge is 2.23. The maximum atomic E-state index is 11.6. The first kappa shape index (κ1) is 13.5. The van der Waals surface area contributed by atoms with Crippen molar-refractivity contribution < 1.29 is 9.53 Å². The van der Waals surface area contributed by atoms with Crippen LogP contribution < -0.4 is 5.73 Å². The summed E-state index contributed by atoms with van der Waals surface area (Å²) in [5.41, 5.74) is 6.16. The Morgan fingerprint density at radius 1 is 1.53 bits per heavy atom. The number of carbonyl (C=O) groups excluding carboxylic acids is 1. The molecule has 2 rings (SSSR count). The van der Waals surface area contributed by atoms with E-state index < -0.39 is 5.97 Å². The first-order valence-electron chi connectivity index (χ1n) is 5.80. The molecule has 0 aromatic carbocycles. The fourth-order valence-corrected chi connectivity index (χ4v) is 2.79. The van der Waals surface area contributed by atoms with Gasteiger partial charge in [0.1, 0.15) is 16.6 Å². The number of hydrogen-bond donors (Lipinski definition) is 1. The van der Waals surface area contributed by atoms with Crippen molar-refractivity contribution in [3.05, 3.63) is 27.6 Å². The SMILES string of the molecule is COC(=O)c1nc(C)n(C(C)c2ncc(C)s2)c1N. The number of imidazole rings is 1. The van der Waals surface area contributed by atoms with Gasteiger partial charge in [0.15, 0.2) is 5.69 Å². The Hall–Kier alpha value is -1.89. The minimum Gasteiger partial charge on any atom is -0.464 e. The van der Waals surface area contributed by atoms with Crippen molar-refractivity contribution in [1.82, 2.24) is 14.5 Å². The quantitative estimate of drug-likeness (QED) is 0.869. The Balaban J connectivity index is 2.45. The highest BCUT2D eigenvalue weighted by atomic mass is 32.1. The monoisotopic (exact) mass is 280 g/mol. The molecule has 7 heteroatoms. The fourth-order valence-electron chi connectivity index (χ4n) is 1.97. The third kappa shape index (κ3) is 2.33. The summed E-state index contributed by atoms with van der Waals surface area (Å²) >= 11 is 1.60. The normalized spacial score (nSPS) is 12.4. The molecule has 19 heavy (non-hydrogen) atoms. The van der Waals surface area contributed by atoms with Crippen molar-refractivity contribution in [2.45, 2.75) is 26.8 Å². The number of esters is 1. The Labute approximate surface area is 115 Å². The first-order valence-corrected chi connectivity index (χ1v) is 6.62. The molecule has 0 aliphatic heterocycles. The number of carbonyl (C=O) groups is 1. The second-order valence-electron chi connectivity index (χ2n) is 4.24. The molecule has 2 aromatic rings.